The van der Waals surface area contributed by atoms with E-state index in [0.29, 0.717) is 13.0 Å². The molecule has 1 aromatic carbocycles. The highest BCUT2D eigenvalue weighted by Gasteiger charge is 2.43. The first-order valence-corrected chi connectivity index (χ1v) is 7.79. The molecule has 1 fully saturated rings. The van der Waals surface area contributed by atoms with Crippen LogP contribution in [0.1, 0.15) is 19.8 Å². The van der Waals surface area contributed by atoms with Crippen molar-refractivity contribution in [1.29, 1.82) is 0 Å². The highest BCUT2D eigenvalue weighted by atomic mass is 35.5. The number of carbonyl (C=O) groups is 2. The number of terminal acetylenes is 1. The maximum absolute atomic E-state index is 14.4. The van der Waals surface area contributed by atoms with E-state index in [1.165, 1.54) is 11.0 Å². The van der Waals surface area contributed by atoms with Crippen LogP contribution in [0.2, 0.25) is 5.02 Å². The summed E-state index contributed by atoms with van der Waals surface area (Å²) >= 11 is 5.96. The number of carbonyl (C=O) groups excluding carboxylic acids is 2. The Morgan fingerprint density at radius 2 is 2.17 bits per heavy atom. The minimum atomic E-state index is -0.789. The number of rotatable bonds is 3. The fourth-order valence-corrected chi connectivity index (χ4v) is 2.85. The molecule has 2 aliphatic rings. The van der Waals surface area contributed by atoms with Gasteiger partial charge in [-0.2, -0.15) is 0 Å². The zero-order chi connectivity index (χ0) is 17.4. The lowest BCUT2D eigenvalue weighted by atomic mass is 10.2. The molecule has 1 unspecified atom stereocenters. The van der Waals surface area contributed by atoms with Crippen molar-refractivity contribution in [1.82, 2.24) is 4.90 Å². The highest BCUT2D eigenvalue weighted by molar-refractivity contribution is 6.32. The van der Waals surface area contributed by atoms with Gasteiger partial charge in [-0.3, -0.25) is 9.69 Å². The first-order chi connectivity index (χ1) is 11.4. The van der Waals surface area contributed by atoms with Gasteiger partial charge in [0.25, 0.3) is 5.91 Å². The molecule has 1 saturated heterocycles. The number of amides is 3. The van der Waals surface area contributed by atoms with E-state index in [2.05, 4.69) is 5.92 Å². The van der Waals surface area contributed by atoms with Gasteiger partial charge >= 0.3 is 6.03 Å². The molecule has 3 rings (SSSR count). The van der Waals surface area contributed by atoms with Crippen molar-refractivity contribution in [3.63, 3.8) is 0 Å². The third-order valence-electron chi connectivity index (χ3n) is 3.84. The van der Waals surface area contributed by atoms with E-state index in [1.807, 2.05) is 0 Å². The van der Waals surface area contributed by atoms with Gasteiger partial charge in [-0.1, -0.05) is 23.6 Å². The smallest absolute Gasteiger partial charge is 0.336 e. The second-order valence-corrected chi connectivity index (χ2v) is 5.87. The van der Waals surface area contributed by atoms with E-state index in [1.54, 1.807) is 13.0 Å². The summed E-state index contributed by atoms with van der Waals surface area (Å²) in [4.78, 5) is 27.1. The Hall–Kier alpha value is -2.52. The number of ether oxygens (including phenoxy) is 1. The zero-order valence-corrected chi connectivity index (χ0v) is 13.6. The molecule has 1 aromatic rings. The first kappa shape index (κ1) is 16.3. The minimum Gasteiger partial charge on any atom is -0.476 e. The quantitative estimate of drug-likeness (QED) is 0.622. The van der Waals surface area contributed by atoms with Gasteiger partial charge in [-0.25, -0.2) is 14.1 Å². The number of imide groups is 1. The average Bonchev–Trinajstić information content (AvgIpc) is 2.82. The van der Waals surface area contributed by atoms with E-state index in [-0.39, 0.29) is 22.2 Å². The van der Waals surface area contributed by atoms with Crippen LogP contribution in [0.4, 0.5) is 14.9 Å². The third kappa shape index (κ3) is 2.61. The van der Waals surface area contributed by atoms with Crippen LogP contribution in [0.25, 0.3) is 0 Å². The fourth-order valence-electron chi connectivity index (χ4n) is 2.66. The van der Waals surface area contributed by atoms with Crippen molar-refractivity contribution in [3.8, 4) is 18.1 Å². The Balaban J connectivity index is 2.03. The lowest BCUT2D eigenvalue weighted by Crippen LogP contribution is -2.34. The van der Waals surface area contributed by atoms with Gasteiger partial charge in [0.05, 0.1) is 10.7 Å². The van der Waals surface area contributed by atoms with Gasteiger partial charge in [0, 0.05) is 12.6 Å². The standard InChI is InChI=1S/C17H14ClFN2O3/c1-3-10(2)24-15-9-14(12(19)8-11(15)18)21-16(22)13-6-4-5-7-20(13)17(21)23/h1,6,8-10H,4-5,7H2,2H3. The predicted octanol–water partition coefficient (Wildman–Crippen LogP) is 3.33. The first-order valence-electron chi connectivity index (χ1n) is 7.42. The predicted molar refractivity (Wildman–Crippen MR) is 87.2 cm³/mol. The molecule has 3 amide bonds. The number of benzene rings is 1. The SMILES string of the molecule is C#CC(C)Oc1cc(N2C(=O)C3=CCCCN3C2=O)c(F)cc1Cl. The summed E-state index contributed by atoms with van der Waals surface area (Å²) in [6.07, 6.45) is 7.81. The van der Waals surface area contributed by atoms with Crippen molar-refractivity contribution in [3.05, 3.63) is 34.7 Å². The number of fused-ring (bicyclic) bond motifs is 1. The van der Waals surface area contributed by atoms with E-state index in [0.717, 1.165) is 17.4 Å². The summed E-state index contributed by atoms with van der Waals surface area (Å²) < 4.78 is 19.8. The number of anilines is 1. The van der Waals surface area contributed by atoms with Crippen molar-refractivity contribution >= 4 is 29.2 Å². The Labute approximate surface area is 143 Å². The number of allylic oxidation sites excluding steroid dienone is 1. The largest absolute Gasteiger partial charge is 0.476 e. The van der Waals surface area contributed by atoms with Crippen LogP contribution in [0, 0.1) is 18.2 Å². The van der Waals surface area contributed by atoms with E-state index in [4.69, 9.17) is 22.8 Å². The molecule has 0 radical (unpaired) electrons. The van der Waals surface area contributed by atoms with Crippen LogP contribution in [-0.2, 0) is 4.79 Å². The summed E-state index contributed by atoms with van der Waals surface area (Å²) in [6.45, 7) is 2.05. The molecule has 0 aromatic heterocycles. The van der Waals surface area contributed by atoms with Gasteiger partial charge < -0.3 is 4.74 Å². The zero-order valence-electron chi connectivity index (χ0n) is 12.9. The summed E-state index contributed by atoms with van der Waals surface area (Å²) in [6, 6.07) is 1.64. The summed E-state index contributed by atoms with van der Waals surface area (Å²) in [7, 11) is 0. The molecule has 0 saturated carbocycles. The van der Waals surface area contributed by atoms with Gasteiger partial charge in [-0.05, 0) is 25.8 Å². The molecule has 0 N–H and O–H groups in total. The number of hydrogen-bond acceptors (Lipinski definition) is 3. The molecule has 0 spiro atoms. The molecule has 0 bridgehead atoms. The van der Waals surface area contributed by atoms with Crippen LogP contribution in [0.3, 0.4) is 0 Å². The molecule has 7 heteroatoms. The molecule has 124 valence electrons. The lowest BCUT2D eigenvalue weighted by Gasteiger charge is -2.20. The van der Waals surface area contributed by atoms with Gasteiger partial charge in [0.2, 0.25) is 0 Å². The number of hydrogen-bond donors (Lipinski definition) is 0. The highest BCUT2D eigenvalue weighted by Crippen LogP contribution is 2.37. The van der Waals surface area contributed by atoms with E-state index >= 15 is 0 Å². The number of nitrogens with zero attached hydrogens (tertiary/aromatic N) is 2. The fraction of sp³-hybridized carbons (Fsp3) is 0.294. The van der Waals surface area contributed by atoms with Gasteiger partial charge in [-0.15, -0.1) is 6.42 Å². The molecule has 0 aliphatic carbocycles. The van der Waals surface area contributed by atoms with Crippen molar-refractivity contribution in [2.45, 2.75) is 25.9 Å². The van der Waals surface area contributed by atoms with Gasteiger partial charge in [0.15, 0.2) is 6.10 Å². The Morgan fingerprint density at radius 1 is 1.42 bits per heavy atom. The van der Waals surface area contributed by atoms with Crippen LogP contribution >= 0.6 is 11.6 Å². The normalized spacial score (nSPS) is 18.2. The number of halogens is 2. The van der Waals surface area contributed by atoms with Crippen LogP contribution in [0.15, 0.2) is 23.9 Å². The van der Waals surface area contributed by atoms with Crippen LogP contribution in [0.5, 0.6) is 5.75 Å². The Morgan fingerprint density at radius 3 is 2.83 bits per heavy atom. The van der Waals surface area contributed by atoms with E-state index < -0.39 is 23.9 Å². The van der Waals surface area contributed by atoms with Crippen LogP contribution < -0.4 is 9.64 Å². The summed E-state index contributed by atoms with van der Waals surface area (Å²) in [5.41, 5.74) is 0.0731. The second kappa shape index (κ2) is 6.17. The molecular weight excluding hydrogens is 335 g/mol. The minimum absolute atomic E-state index is 0.00869. The van der Waals surface area contributed by atoms with Crippen molar-refractivity contribution < 1.29 is 18.7 Å². The third-order valence-corrected chi connectivity index (χ3v) is 4.13. The van der Waals surface area contributed by atoms with Crippen molar-refractivity contribution in [2.75, 3.05) is 11.4 Å². The molecule has 24 heavy (non-hydrogen) atoms. The second-order valence-electron chi connectivity index (χ2n) is 5.47. The van der Waals surface area contributed by atoms with E-state index in [9.17, 15) is 14.0 Å². The Kier molecular flexibility index (Phi) is 4.20. The summed E-state index contributed by atoms with van der Waals surface area (Å²) in [5.74, 6) is 1.12. The topological polar surface area (TPSA) is 49.9 Å². The van der Waals surface area contributed by atoms with Gasteiger partial charge in [0.1, 0.15) is 17.3 Å². The molecule has 2 aliphatic heterocycles. The molecular formula is C17H14ClFN2O3. The summed E-state index contributed by atoms with van der Waals surface area (Å²) in [5, 5.41) is 0.00869. The number of urea groups is 1. The lowest BCUT2D eigenvalue weighted by molar-refractivity contribution is -0.114. The molecule has 5 nitrogen and oxygen atoms in total. The maximum Gasteiger partial charge on any atom is 0.336 e. The Bertz CT molecular complexity index is 800. The molecule has 1 atom stereocenters. The monoisotopic (exact) mass is 348 g/mol. The van der Waals surface area contributed by atoms with Crippen molar-refractivity contribution in [2.24, 2.45) is 0 Å². The maximum atomic E-state index is 14.4. The average molecular weight is 349 g/mol. The molecule has 2 heterocycles. The van der Waals surface area contributed by atoms with Crippen LogP contribution in [-0.4, -0.2) is 29.5 Å².